The Kier molecular flexibility index (Phi) is 10.9. The fourth-order valence-electron chi connectivity index (χ4n) is 9.02. The third kappa shape index (κ3) is 7.69. The number of carboxylic acid groups (broad SMARTS) is 1. The first kappa shape index (κ1) is 40.6. The number of likely N-dealkylation sites (tertiary alicyclic amines) is 1. The zero-order valence-corrected chi connectivity index (χ0v) is 37.0. The summed E-state index contributed by atoms with van der Waals surface area (Å²) in [4.78, 5) is 51.2. The van der Waals surface area contributed by atoms with Gasteiger partial charge in [0.1, 0.15) is 34.0 Å². The van der Waals surface area contributed by atoms with Crippen molar-refractivity contribution in [3.63, 3.8) is 0 Å². The molecule has 0 spiro atoms. The first-order chi connectivity index (χ1) is 30.1. The predicted octanol–water partition coefficient (Wildman–Crippen LogP) is 8.32. The van der Waals surface area contributed by atoms with Crippen LogP contribution in [0.5, 0.6) is 0 Å². The third-order valence-corrected chi connectivity index (χ3v) is 15.3. The average molecular weight is 910 g/mol. The molecule has 1 amide bonds. The van der Waals surface area contributed by atoms with Crippen molar-refractivity contribution < 1.29 is 14.7 Å². The summed E-state index contributed by atoms with van der Waals surface area (Å²) in [6.07, 6.45) is 16.6. The molecule has 1 aliphatic heterocycles. The number of carbonyl (C=O) groups excluding carboxylic acids is 1. The van der Waals surface area contributed by atoms with Gasteiger partial charge in [-0.1, -0.05) is 23.2 Å². The summed E-state index contributed by atoms with van der Waals surface area (Å²) in [6.45, 7) is 1.72. The number of nitrogens with zero attached hydrogens (tertiary/aromatic N) is 10. The molecule has 0 saturated carbocycles. The van der Waals surface area contributed by atoms with Gasteiger partial charge in [0.05, 0.1) is 49.1 Å². The van der Waals surface area contributed by atoms with Gasteiger partial charge in [0.2, 0.25) is 5.91 Å². The number of halogens is 2. The molecule has 1 fully saturated rings. The van der Waals surface area contributed by atoms with Crippen LogP contribution in [-0.4, -0.2) is 99.2 Å². The Morgan fingerprint density at radius 1 is 0.742 bits per heavy atom. The molecule has 2 aliphatic carbocycles. The number of rotatable bonds is 7. The maximum atomic E-state index is 13.3. The molecule has 8 aromatic heterocycles. The number of pyridine rings is 2. The Balaban J connectivity index is 0.000000153. The fraction of sp³-hybridized carbons (Fsp3) is 0.349. The number of hydrogen-bond acceptors (Lipinski definition) is 13. The number of carbonyl (C=O) groups is 2. The molecule has 2 atom stereocenters. The molecular formula is C43H42Cl2N12O3S2. The van der Waals surface area contributed by atoms with E-state index in [0.717, 1.165) is 104 Å². The van der Waals surface area contributed by atoms with E-state index in [2.05, 4.69) is 64.7 Å². The van der Waals surface area contributed by atoms with Gasteiger partial charge in [0.15, 0.2) is 0 Å². The van der Waals surface area contributed by atoms with Gasteiger partial charge in [0.25, 0.3) is 0 Å². The van der Waals surface area contributed by atoms with Crippen LogP contribution in [0, 0.1) is 11.8 Å². The summed E-state index contributed by atoms with van der Waals surface area (Å²) in [6, 6.07) is 8.30. The molecule has 318 valence electrons. The van der Waals surface area contributed by atoms with Crippen LogP contribution in [0.1, 0.15) is 46.6 Å². The quantitative estimate of drug-likeness (QED) is 0.140. The zero-order chi connectivity index (χ0) is 42.6. The van der Waals surface area contributed by atoms with Crippen LogP contribution in [-0.2, 0) is 35.3 Å². The van der Waals surface area contributed by atoms with Crippen molar-refractivity contribution in [1.29, 1.82) is 0 Å². The molecule has 8 aromatic rings. The number of aryl methyl sites for hydroxylation is 2. The lowest BCUT2D eigenvalue weighted by Gasteiger charge is -2.37. The minimum atomic E-state index is -0.733. The van der Waals surface area contributed by atoms with E-state index in [9.17, 15) is 14.7 Å². The van der Waals surface area contributed by atoms with Crippen LogP contribution in [0.4, 0.5) is 23.0 Å². The molecule has 3 aliphatic rings. The van der Waals surface area contributed by atoms with Gasteiger partial charge in [-0.3, -0.25) is 9.59 Å². The van der Waals surface area contributed by atoms with Crippen LogP contribution in [0.15, 0.2) is 61.7 Å². The molecule has 0 unspecified atom stereocenters. The van der Waals surface area contributed by atoms with Crippen molar-refractivity contribution in [1.82, 2.24) is 49.0 Å². The van der Waals surface area contributed by atoms with Gasteiger partial charge < -0.3 is 25.5 Å². The number of anilines is 4. The highest BCUT2D eigenvalue weighted by molar-refractivity contribution is 7.19. The highest BCUT2D eigenvalue weighted by Gasteiger charge is 2.34. The molecule has 15 nitrogen and oxygen atoms in total. The molecule has 62 heavy (non-hydrogen) atoms. The average Bonchev–Trinajstić information content (AvgIpc) is 4.08. The number of piperidine rings is 1. The van der Waals surface area contributed by atoms with E-state index in [-0.39, 0.29) is 11.8 Å². The summed E-state index contributed by atoms with van der Waals surface area (Å²) in [7, 11) is 4.25. The van der Waals surface area contributed by atoms with Crippen LogP contribution < -0.4 is 10.6 Å². The molecule has 19 heteroatoms. The maximum Gasteiger partial charge on any atom is 0.306 e. The first-order valence-corrected chi connectivity index (χ1v) is 22.9. The SMILES string of the molecule is CN(C)C1CCN(C(=O)[C@H]2CCc3c(sc4ncnc(Nc5cc6ccnn6cc5Cl)c34)C2)CC1.O=C(O)[C@H]1CCc2c(sc3ncnc(Nc4cc5ccnn5cc4Cl)c23)C1. The van der Waals surface area contributed by atoms with Crippen LogP contribution >= 0.6 is 45.9 Å². The second-order valence-electron chi connectivity index (χ2n) is 16.3. The Labute approximate surface area is 373 Å². The minimum Gasteiger partial charge on any atom is -0.481 e. The second-order valence-corrected chi connectivity index (χ2v) is 19.3. The summed E-state index contributed by atoms with van der Waals surface area (Å²) in [5.41, 5.74) is 5.81. The Morgan fingerprint density at radius 2 is 1.24 bits per heavy atom. The molecule has 0 radical (unpaired) electrons. The first-order valence-electron chi connectivity index (χ1n) is 20.6. The monoisotopic (exact) mass is 908 g/mol. The van der Waals surface area contributed by atoms with Gasteiger partial charge >= 0.3 is 5.97 Å². The normalized spacial score (nSPS) is 17.9. The summed E-state index contributed by atoms with van der Waals surface area (Å²) in [5.74, 6) is 0.758. The van der Waals surface area contributed by atoms with Crippen molar-refractivity contribution in [2.24, 2.45) is 11.8 Å². The number of carboxylic acids is 1. The van der Waals surface area contributed by atoms with E-state index in [4.69, 9.17) is 23.2 Å². The fourth-order valence-corrected chi connectivity index (χ4v) is 11.9. The van der Waals surface area contributed by atoms with Gasteiger partial charge in [-0.05, 0) is 101 Å². The largest absolute Gasteiger partial charge is 0.481 e. The van der Waals surface area contributed by atoms with E-state index in [1.54, 1.807) is 62.8 Å². The Bertz CT molecular complexity index is 3010. The Morgan fingerprint density at radius 3 is 1.74 bits per heavy atom. The molecular weight excluding hydrogens is 868 g/mol. The molecule has 0 aromatic carbocycles. The number of hydrogen-bond donors (Lipinski definition) is 3. The molecule has 11 rings (SSSR count). The number of thiophene rings is 2. The van der Waals surface area contributed by atoms with E-state index >= 15 is 0 Å². The summed E-state index contributed by atoms with van der Waals surface area (Å²) < 4.78 is 3.46. The number of aromatic nitrogens is 8. The standard InChI is InChI=1S/C25H28ClN7OS.C18H14ClN5O2S/c1-31(2)16-6-9-32(10-7-16)25(34)15-3-4-18-21(11-15)35-24-22(18)23(27-14-28-24)30-20-12-17-5-8-29-33(17)13-19(20)26;19-12-7-24-10(3-4-22-24)6-13(12)23-16-15-11-2-1-9(18(25)26)5-14(11)27-17(15)21-8-20-16/h5,8,12-16H,3-4,6-7,9-11H2,1-2H3,(H,27,28,30);3-4,6-9H,1-2,5H2,(H,25,26)(H,20,21,23)/t15-;9-/m00/s1. The van der Waals surface area contributed by atoms with E-state index in [1.807, 2.05) is 24.3 Å². The van der Waals surface area contributed by atoms with Gasteiger partial charge in [-0.25, -0.2) is 29.0 Å². The van der Waals surface area contributed by atoms with Crippen LogP contribution in [0.2, 0.25) is 10.0 Å². The van der Waals surface area contributed by atoms with E-state index in [0.29, 0.717) is 47.1 Å². The van der Waals surface area contributed by atoms with Gasteiger partial charge in [0, 0.05) is 59.6 Å². The van der Waals surface area contributed by atoms with Crippen molar-refractivity contribution >= 4 is 112 Å². The van der Waals surface area contributed by atoms with Crippen molar-refractivity contribution in [2.75, 3.05) is 37.8 Å². The molecule has 9 heterocycles. The molecule has 3 N–H and O–H groups in total. The smallest absolute Gasteiger partial charge is 0.306 e. The summed E-state index contributed by atoms with van der Waals surface area (Å²) >= 11 is 16.2. The van der Waals surface area contributed by atoms with Crippen LogP contribution in [0.3, 0.4) is 0 Å². The molecule has 0 bridgehead atoms. The number of amides is 1. The second kappa shape index (κ2) is 16.7. The maximum absolute atomic E-state index is 13.3. The summed E-state index contributed by atoms with van der Waals surface area (Å²) in [5, 5.41) is 27.6. The zero-order valence-electron chi connectivity index (χ0n) is 33.9. The van der Waals surface area contributed by atoms with Crippen LogP contribution in [0.25, 0.3) is 31.5 Å². The number of fused-ring (bicyclic) bond motifs is 8. The minimum absolute atomic E-state index is 0.0505. The number of aliphatic carboxylic acids is 1. The Hall–Kier alpha value is -5.46. The van der Waals surface area contributed by atoms with E-state index < -0.39 is 5.97 Å². The van der Waals surface area contributed by atoms with Gasteiger partial charge in [-0.2, -0.15) is 10.2 Å². The van der Waals surface area contributed by atoms with Crippen molar-refractivity contribution in [2.45, 2.75) is 57.4 Å². The number of nitrogens with one attached hydrogen (secondary N) is 2. The third-order valence-electron chi connectivity index (χ3n) is 12.4. The highest BCUT2D eigenvalue weighted by atomic mass is 35.5. The highest BCUT2D eigenvalue weighted by Crippen LogP contribution is 2.43. The molecule has 1 saturated heterocycles. The van der Waals surface area contributed by atoms with E-state index in [1.165, 1.54) is 16.8 Å². The van der Waals surface area contributed by atoms with Crippen molar-refractivity contribution in [3.8, 4) is 0 Å². The topological polar surface area (TPSA) is 171 Å². The lowest BCUT2D eigenvalue weighted by Crippen LogP contribution is -2.47. The lowest BCUT2D eigenvalue weighted by atomic mass is 9.86. The predicted molar refractivity (Wildman–Crippen MR) is 244 cm³/mol. The van der Waals surface area contributed by atoms with Gasteiger partial charge in [-0.15, -0.1) is 22.7 Å². The van der Waals surface area contributed by atoms with Crippen molar-refractivity contribution in [3.05, 3.63) is 92.6 Å². The lowest BCUT2D eigenvalue weighted by molar-refractivity contribution is -0.142.